The summed E-state index contributed by atoms with van der Waals surface area (Å²) in [5.74, 6) is -0.633. The summed E-state index contributed by atoms with van der Waals surface area (Å²) < 4.78 is 28.0. The van der Waals surface area contributed by atoms with E-state index in [0.29, 0.717) is 37.3 Å². The molecule has 8 nitrogen and oxygen atoms in total. The molecule has 1 fully saturated rings. The Morgan fingerprint density at radius 3 is 1.97 bits per heavy atom. The Morgan fingerprint density at radius 2 is 1.44 bits per heavy atom. The van der Waals surface area contributed by atoms with Crippen molar-refractivity contribution >= 4 is 21.8 Å². The van der Waals surface area contributed by atoms with Crippen molar-refractivity contribution in [3.8, 4) is 5.75 Å². The van der Waals surface area contributed by atoms with Crippen LogP contribution in [0.25, 0.3) is 0 Å². The first-order valence-electron chi connectivity index (χ1n) is 10.4. The highest BCUT2D eigenvalue weighted by atomic mass is 32.2. The second-order valence-electron chi connectivity index (χ2n) is 8.93. The van der Waals surface area contributed by atoms with Gasteiger partial charge in [-0.05, 0) is 57.5 Å². The van der Waals surface area contributed by atoms with Crippen LogP contribution in [0.15, 0.2) is 47.4 Å². The first-order chi connectivity index (χ1) is 14.9. The van der Waals surface area contributed by atoms with E-state index in [1.54, 1.807) is 61.8 Å². The van der Waals surface area contributed by atoms with E-state index in [1.807, 2.05) is 0 Å². The number of hydrogen-bond acceptors (Lipinski definition) is 5. The van der Waals surface area contributed by atoms with Crippen LogP contribution >= 0.6 is 0 Å². The number of sulfonamides is 1. The first kappa shape index (κ1) is 23.7. The highest BCUT2D eigenvalue weighted by Gasteiger charge is 2.29. The standard InChI is InChI=1S/C23H29N3O5S/c1-16-9-10-17(32(30,31)24-23(2,3)4)15-19(16)22(29)26-13-11-25(12-14-26)21(28)18-7-5-6-8-20(18)27/h5-10,15,24,27H,11-14H2,1-4H3. The number of benzene rings is 2. The van der Waals surface area contributed by atoms with Gasteiger partial charge in [0, 0.05) is 37.3 Å². The van der Waals surface area contributed by atoms with Crippen LogP contribution in [0.4, 0.5) is 0 Å². The Hall–Kier alpha value is -2.91. The van der Waals surface area contributed by atoms with E-state index >= 15 is 0 Å². The fourth-order valence-electron chi connectivity index (χ4n) is 3.57. The van der Waals surface area contributed by atoms with Crippen molar-refractivity contribution in [3.63, 3.8) is 0 Å². The molecule has 1 heterocycles. The molecule has 0 unspecified atom stereocenters. The lowest BCUT2D eigenvalue weighted by Crippen LogP contribution is -2.50. The van der Waals surface area contributed by atoms with Gasteiger partial charge in [0.2, 0.25) is 10.0 Å². The molecular weight excluding hydrogens is 430 g/mol. The van der Waals surface area contributed by atoms with Crippen molar-refractivity contribution < 1.29 is 23.1 Å². The molecular formula is C23H29N3O5S. The van der Waals surface area contributed by atoms with E-state index < -0.39 is 15.6 Å². The molecule has 0 atom stereocenters. The van der Waals surface area contributed by atoms with Crippen LogP contribution < -0.4 is 4.72 Å². The van der Waals surface area contributed by atoms with Crippen molar-refractivity contribution in [2.45, 2.75) is 38.1 Å². The van der Waals surface area contributed by atoms with E-state index in [9.17, 15) is 23.1 Å². The molecule has 32 heavy (non-hydrogen) atoms. The average Bonchev–Trinajstić information content (AvgIpc) is 2.72. The summed E-state index contributed by atoms with van der Waals surface area (Å²) in [6, 6.07) is 10.9. The zero-order valence-corrected chi connectivity index (χ0v) is 19.6. The molecule has 9 heteroatoms. The average molecular weight is 460 g/mol. The Kier molecular flexibility index (Phi) is 6.61. The molecule has 0 bridgehead atoms. The zero-order chi connectivity index (χ0) is 23.7. The molecule has 3 rings (SSSR count). The van der Waals surface area contributed by atoms with Gasteiger partial charge in [-0.15, -0.1) is 0 Å². The summed E-state index contributed by atoms with van der Waals surface area (Å²) >= 11 is 0. The number of piperazine rings is 1. The summed E-state index contributed by atoms with van der Waals surface area (Å²) in [5, 5.41) is 9.93. The molecule has 2 amide bonds. The lowest BCUT2D eigenvalue weighted by molar-refractivity contribution is 0.0533. The maximum absolute atomic E-state index is 13.2. The fourth-order valence-corrected chi connectivity index (χ4v) is 5.01. The van der Waals surface area contributed by atoms with Crippen LogP contribution in [0.3, 0.4) is 0 Å². The number of carbonyl (C=O) groups is 2. The van der Waals surface area contributed by atoms with Gasteiger partial charge < -0.3 is 14.9 Å². The third-order valence-corrected chi connectivity index (χ3v) is 6.93. The number of para-hydroxylation sites is 1. The summed E-state index contributed by atoms with van der Waals surface area (Å²) in [6.45, 7) is 8.29. The first-order valence-corrected chi connectivity index (χ1v) is 11.9. The molecule has 2 aromatic rings. The molecule has 1 aliphatic rings. The van der Waals surface area contributed by atoms with Crippen LogP contribution in [0.1, 0.15) is 47.1 Å². The van der Waals surface area contributed by atoms with Crippen LogP contribution in [-0.2, 0) is 10.0 Å². The molecule has 172 valence electrons. The van der Waals surface area contributed by atoms with E-state index in [-0.39, 0.29) is 28.0 Å². The van der Waals surface area contributed by atoms with Crippen molar-refractivity contribution in [2.75, 3.05) is 26.2 Å². The number of amides is 2. The molecule has 0 aliphatic carbocycles. The summed E-state index contributed by atoms with van der Waals surface area (Å²) in [7, 11) is -3.77. The van der Waals surface area contributed by atoms with E-state index in [0.717, 1.165) is 0 Å². The van der Waals surface area contributed by atoms with Gasteiger partial charge in [-0.2, -0.15) is 0 Å². The Balaban J connectivity index is 1.74. The summed E-state index contributed by atoms with van der Waals surface area (Å²) in [4.78, 5) is 29.1. The van der Waals surface area contributed by atoms with Crippen molar-refractivity contribution in [3.05, 3.63) is 59.2 Å². The van der Waals surface area contributed by atoms with Crippen molar-refractivity contribution in [1.82, 2.24) is 14.5 Å². The number of nitrogens with zero attached hydrogens (tertiary/aromatic N) is 2. The largest absolute Gasteiger partial charge is 0.507 e. The van der Waals surface area contributed by atoms with Crippen LogP contribution in [0, 0.1) is 6.92 Å². The van der Waals surface area contributed by atoms with Gasteiger partial charge in [-0.25, -0.2) is 13.1 Å². The third-order valence-electron chi connectivity index (χ3n) is 5.18. The number of rotatable bonds is 4. The SMILES string of the molecule is Cc1ccc(S(=O)(=O)NC(C)(C)C)cc1C(=O)N1CCN(C(=O)c2ccccc2O)CC1. The lowest BCUT2D eigenvalue weighted by Gasteiger charge is -2.35. The second kappa shape index (κ2) is 8.91. The predicted octanol–water partition coefficient (Wildman–Crippen LogP) is 2.38. The Labute approximate surface area is 188 Å². The molecule has 0 spiro atoms. The number of phenolic OH excluding ortho intramolecular Hbond substituents is 1. The van der Waals surface area contributed by atoms with Gasteiger partial charge in [0.1, 0.15) is 5.75 Å². The van der Waals surface area contributed by atoms with E-state index in [1.165, 1.54) is 18.2 Å². The van der Waals surface area contributed by atoms with Gasteiger partial charge >= 0.3 is 0 Å². The normalized spacial score (nSPS) is 15.0. The third kappa shape index (κ3) is 5.28. The lowest BCUT2D eigenvalue weighted by atomic mass is 10.1. The number of hydrogen-bond donors (Lipinski definition) is 2. The predicted molar refractivity (Wildman–Crippen MR) is 121 cm³/mol. The highest BCUT2D eigenvalue weighted by Crippen LogP contribution is 2.22. The molecule has 2 aromatic carbocycles. The van der Waals surface area contributed by atoms with Gasteiger partial charge in [0.15, 0.2) is 0 Å². The van der Waals surface area contributed by atoms with E-state index in [4.69, 9.17) is 0 Å². The van der Waals surface area contributed by atoms with Gasteiger partial charge in [0.05, 0.1) is 10.5 Å². The summed E-state index contributed by atoms with van der Waals surface area (Å²) in [6.07, 6.45) is 0. The second-order valence-corrected chi connectivity index (χ2v) is 10.6. The van der Waals surface area contributed by atoms with E-state index in [2.05, 4.69) is 4.72 Å². The van der Waals surface area contributed by atoms with Crippen LogP contribution in [0.2, 0.25) is 0 Å². The number of carbonyl (C=O) groups excluding carboxylic acids is 2. The molecule has 2 N–H and O–H groups in total. The minimum Gasteiger partial charge on any atom is -0.507 e. The van der Waals surface area contributed by atoms with Crippen molar-refractivity contribution in [2.24, 2.45) is 0 Å². The van der Waals surface area contributed by atoms with Gasteiger partial charge in [-0.1, -0.05) is 18.2 Å². The van der Waals surface area contributed by atoms with Gasteiger partial charge in [-0.3, -0.25) is 9.59 Å². The number of nitrogens with one attached hydrogen (secondary N) is 1. The molecule has 1 saturated heterocycles. The van der Waals surface area contributed by atoms with Crippen LogP contribution in [-0.4, -0.2) is 66.9 Å². The quantitative estimate of drug-likeness (QED) is 0.730. The molecule has 0 saturated carbocycles. The Bertz CT molecular complexity index is 1130. The number of phenols is 1. The zero-order valence-electron chi connectivity index (χ0n) is 18.8. The van der Waals surface area contributed by atoms with Gasteiger partial charge in [0.25, 0.3) is 11.8 Å². The topological polar surface area (TPSA) is 107 Å². The number of aryl methyl sites for hydroxylation is 1. The smallest absolute Gasteiger partial charge is 0.257 e. The molecule has 1 aliphatic heterocycles. The minimum atomic E-state index is -3.77. The monoisotopic (exact) mass is 459 g/mol. The summed E-state index contributed by atoms with van der Waals surface area (Å²) in [5.41, 5.74) is 0.580. The molecule has 0 aromatic heterocycles. The Morgan fingerprint density at radius 1 is 0.906 bits per heavy atom. The van der Waals surface area contributed by atoms with Crippen molar-refractivity contribution in [1.29, 1.82) is 0 Å². The number of aromatic hydroxyl groups is 1. The maximum atomic E-state index is 13.2. The maximum Gasteiger partial charge on any atom is 0.257 e. The highest BCUT2D eigenvalue weighted by molar-refractivity contribution is 7.89. The van der Waals surface area contributed by atoms with Crippen LogP contribution in [0.5, 0.6) is 5.75 Å². The fraction of sp³-hybridized carbons (Fsp3) is 0.391. The minimum absolute atomic E-state index is 0.0368. The molecule has 0 radical (unpaired) electrons.